The maximum absolute atomic E-state index is 5.63. The number of ether oxygens (including phenoxy) is 1. The van der Waals surface area contributed by atoms with Gasteiger partial charge in [0.05, 0.1) is 6.10 Å². The van der Waals surface area contributed by atoms with E-state index in [4.69, 9.17) is 4.74 Å². The van der Waals surface area contributed by atoms with Crippen LogP contribution in [0.1, 0.15) is 25.7 Å². The molecule has 1 aromatic heterocycles. The van der Waals surface area contributed by atoms with Gasteiger partial charge < -0.3 is 19.4 Å². The number of methoxy groups -OCH3 is 1. The molecule has 3 heterocycles. The van der Waals surface area contributed by atoms with Crippen molar-refractivity contribution in [1.82, 2.24) is 14.9 Å². The molecule has 4 rings (SSSR count). The number of likely N-dealkylation sites (N-methyl/N-ethyl adjacent to an activating group) is 1. The van der Waals surface area contributed by atoms with Gasteiger partial charge in [-0.25, -0.2) is 9.97 Å². The lowest BCUT2D eigenvalue weighted by Crippen LogP contribution is -2.47. The van der Waals surface area contributed by atoms with E-state index in [-0.39, 0.29) is 6.10 Å². The van der Waals surface area contributed by atoms with Gasteiger partial charge in [-0.15, -0.1) is 0 Å². The molecule has 0 aromatic carbocycles. The quantitative estimate of drug-likeness (QED) is 0.752. The molecule has 0 amide bonds. The third-order valence-electron chi connectivity index (χ3n) is 5.86. The number of nitrogens with zero attached hydrogens (tertiary/aromatic N) is 5. The van der Waals surface area contributed by atoms with Crippen LogP contribution in [0, 0.1) is 11.8 Å². The second-order valence-corrected chi connectivity index (χ2v) is 8.35. The van der Waals surface area contributed by atoms with E-state index in [1.165, 1.54) is 19.3 Å². The molecule has 1 saturated carbocycles. The van der Waals surface area contributed by atoms with Gasteiger partial charge in [0.25, 0.3) is 0 Å². The molecule has 2 aliphatic heterocycles. The SMILES string of the molecule is CO[C@H]1C[C@@H](CN(C)C)N(c2cc(N3CC(CC4CC4)C3)ncn2)C1. The van der Waals surface area contributed by atoms with Crippen molar-refractivity contribution < 1.29 is 4.74 Å². The highest BCUT2D eigenvalue weighted by Gasteiger charge is 2.36. The smallest absolute Gasteiger partial charge is 0.134 e. The second-order valence-electron chi connectivity index (χ2n) is 8.35. The summed E-state index contributed by atoms with van der Waals surface area (Å²) in [5.74, 6) is 4.02. The first-order chi connectivity index (χ1) is 12.1. The molecule has 3 aliphatic rings. The first-order valence-electron chi connectivity index (χ1n) is 9.63. The van der Waals surface area contributed by atoms with Crippen LogP contribution in [0.25, 0.3) is 0 Å². The van der Waals surface area contributed by atoms with Crippen molar-refractivity contribution in [2.45, 2.75) is 37.8 Å². The van der Waals surface area contributed by atoms with Crippen LogP contribution < -0.4 is 9.80 Å². The Kier molecular flexibility index (Phi) is 4.82. The number of aromatic nitrogens is 2. The van der Waals surface area contributed by atoms with E-state index >= 15 is 0 Å². The Labute approximate surface area is 151 Å². The summed E-state index contributed by atoms with van der Waals surface area (Å²) in [7, 11) is 6.07. The summed E-state index contributed by atoms with van der Waals surface area (Å²) < 4.78 is 5.63. The predicted molar refractivity (Wildman–Crippen MR) is 100 cm³/mol. The lowest BCUT2D eigenvalue weighted by molar-refractivity contribution is 0.117. The lowest BCUT2D eigenvalue weighted by atomic mass is 9.94. The first-order valence-corrected chi connectivity index (χ1v) is 9.63. The second kappa shape index (κ2) is 7.08. The largest absolute Gasteiger partial charge is 0.380 e. The number of rotatable bonds is 7. The molecule has 6 nitrogen and oxygen atoms in total. The average Bonchev–Trinajstić information content (AvgIpc) is 3.29. The Hall–Kier alpha value is -1.40. The van der Waals surface area contributed by atoms with E-state index in [1.807, 2.05) is 7.11 Å². The fourth-order valence-corrected chi connectivity index (χ4v) is 4.32. The van der Waals surface area contributed by atoms with Crippen molar-refractivity contribution in [1.29, 1.82) is 0 Å². The van der Waals surface area contributed by atoms with Gasteiger partial charge >= 0.3 is 0 Å². The van der Waals surface area contributed by atoms with Crippen molar-refractivity contribution >= 4 is 11.6 Å². The lowest BCUT2D eigenvalue weighted by Gasteiger charge is -2.40. The Bertz CT molecular complexity index is 585. The summed E-state index contributed by atoms with van der Waals surface area (Å²) >= 11 is 0. The molecule has 3 fully saturated rings. The van der Waals surface area contributed by atoms with Crippen molar-refractivity contribution in [2.75, 3.05) is 57.2 Å². The molecule has 0 N–H and O–H groups in total. The van der Waals surface area contributed by atoms with Crippen LogP contribution in [0.4, 0.5) is 11.6 Å². The monoisotopic (exact) mass is 345 g/mol. The molecular formula is C19H31N5O. The molecule has 0 bridgehead atoms. The van der Waals surface area contributed by atoms with Crippen LogP contribution >= 0.6 is 0 Å². The third kappa shape index (κ3) is 3.90. The molecule has 0 unspecified atom stereocenters. The van der Waals surface area contributed by atoms with Crippen LogP contribution in [-0.4, -0.2) is 74.4 Å². The molecule has 25 heavy (non-hydrogen) atoms. The zero-order chi connectivity index (χ0) is 17.4. The zero-order valence-corrected chi connectivity index (χ0v) is 15.8. The van der Waals surface area contributed by atoms with Crippen molar-refractivity contribution in [3.05, 3.63) is 12.4 Å². The topological polar surface area (TPSA) is 44.7 Å². The minimum absolute atomic E-state index is 0.287. The van der Waals surface area contributed by atoms with Crippen molar-refractivity contribution in [3.8, 4) is 0 Å². The van der Waals surface area contributed by atoms with E-state index < -0.39 is 0 Å². The van der Waals surface area contributed by atoms with Gasteiger partial charge in [0.2, 0.25) is 0 Å². The van der Waals surface area contributed by atoms with Gasteiger partial charge in [-0.2, -0.15) is 0 Å². The van der Waals surface area contributed by atoms with E-state index in [0.29, 0.717) is 6.04 Å². The highest BCUT2D eigenvalue weighted by Crippen LogP contribution is 2.39. The molecule has 2 atom stereocenters. The molecule has 138 valence electrons. The summed E-state index contributed by atoms with van der Waals surface area (Å²) in [6.45, 7) is 4.26. The minimum Gasteiger partial charge on any atom is -0.380 e. The van der Waals surface area contributed by atoms with E-state index in [2.05, 4.69) is 44.8 Å². The summed E-state index contributed by atoms with van der Waals surface area (Å²) in [5, 5.41) is 0. The van der Waals surface area contributed by atoms with Crippen LogP contribution in [0.3, 0.4) is 0 Å². The van der Waals surface area contributed by atoms with E-state index in [0.717, 1.165) is 56.1 Å². The predicted octanol–water partition coefficient (Wildman–Crippen LogP) is 1.87. The standard InChI is InChI=1S/C19H31N5O/c1-22(2)11-16-7-17(25-3)12-24(16)19-8-18(20-13-21-19)23-9-15(10-23)6-14-4-5-14/h8,13-17H,4-7,9-12H2,1-3H3/t16-,17-/m0/s1. The maximum atomic E-state index is 5.63. The zero-order valence-electron chi connectivity index (χ0n) is 15.8. The highest BCUT2D eigenvalue weighted by atomic mass is 16.5. The molecule has 0 spiro atoms. The minimum atomic E-state index is 0.287. The van der Waals surface area contributed by atoms with Gasteiger partial charge in [-0.1, -0.05) is 12.8 Å². The normalized spacial score (nSPS) is 27.2. The summed E-state index contributed by atoms with van der Waals surface area (Å²) in [4.78, 5) is 16.2. The highest BCUT2D eigenvalue weighted by molar-refractivity contribution is 5.53. The molecule has 1 aliphatic carbocycles. The molecule has 1 aromatic rings. The number of hydrogen-bond acceptors (Lipinski definition) is 6. The summed E-state index contributed by atoms with van der Waals surface area (Å²) in [6, 6.07) is 2.62. The Morgan fingerprint density at radius 1 is 1.12 bits per heavy atom. The van der Waals surface area contributed by atoms with E-state index in [1.54, 1.807) is 6.33 Å². The fraction of sp³-hybridized carbons (Fsp3) is 0.789. The third-order valence-corrected chi connectivity index (χ3v) is 5.86. The number of hydrogen-bond donors (Lipinski definition) is 0. The van der Waals surface area contributed by atoms with Gasteiger partial charge in [0, 0.05) is 45.4 Å². The van der Waals surface area contributed by atoms with Gasteiger partial charge in [-0.3, -0.25) is 0 Å². The molecule has 0 radical (unpaired) electrons. The first kappa shape index (κ1) is 17.0. The van der Waals surface area contributed by atoms with Gasteiger partial charge in [0.1, 0.15) is 18.0 Å². The van der Waals surface area contributed by atoms with E-state index in [9.17, 15) is 0 Å². The number of anilines is 2. The van der Waals surface area contributed by atoms with Gasteiger partial charge in [0.15, 0.2) is 0 Å². The van der Waals surface area contributed by atoms with Crippen molar-refractivity contribution in [2.24, 2.45) is 11.8 Å². The Morgan fingerprint density at radius 3 is 2.56 bits per heavy atom. The Morgan fingerprint density at radius 2 is 1.88 bits per heavy atom. The summed E-state index contributed by atoms with van der Waals surface area (Å²) in [5.41, 5.74) is 0. The average molecular weight is 345 g/mol. The van der Waals surface area contributed by atoms with Gasteiger partial charge in [-0.05, 0) is 38.8 Å². The van der Waals surface area contributed by atoms with Crippen LogP contribution in [0.5, 0.6) is 0 Å². The molecule has 2 saturated heterocycles. The van der Waals surface area contributed by atoms with Crippen LogP contribution in [-0.2, 0) is 4.74 Å². The fourth-order valence-electron chi connectivity index (χ4n) is 4.32. The van der Waals surface area contributed by atoms with Crippen molar-refractivity contribution in [3.63, 3.8) is 0 Å². The van der Waals surface area contributed by atoms with Crippen LogP contribution in [0.15, 0.2) is 12.4 Å². The van der Waals surface area contributed by atoms with Crippen LogP contribution in [0.2, 0.25) is 0 Å². The summed E-state index contributed by atoms with van der Waals surface area (Å²) in [6.07, 6.45) is 7.40. The Balaban J connectivity index is 1.42. The molecular weight excluding hydrogens is 314 g/mol. The molecule has 6 heteroatoms. The maximum Gasteiger partial charge on any atom is 0.134 e.